The number of hydrogen-bond acceptors (Lipinski definition) is 3. The monoisotopic (exact) mass is 438 g/mol. The molecule has 156 valence electrons. The van der Waals surface area contributed by atoms with Crippen LogP contribution in [0.2, 0.25) is 5.02 Å². The summed E-state index contributed by atoms with van der Waals surface area (Å²) in [4.78, 5) is 12.4. The number of hydrogen-bond donors (Lipinski definition) is 1. The minimum atomic E-state index is -3.43. The highest BCUT2D eigenvalue weighted by molar-refractivity contribution is 7.88. The average molecular weight is 439 g/mol. The molecule has 1 aliphatic rings. The highest BCUT2D eigenvalue weighted by atomic mass is 35.5. The third kappa shape index (κ3) is 6.26. The van der Waals surface area contributed by atoms with Crippen molar-refractivity contribution in [3.8, 4) is 0 Å². The molecule has 1 fully saturated rings. The molecule has 0 aromatic heterocycles. The zero-order chi connectivity index (χ0) is 20.9. The zero-order valence-electron chi connectivity index (χ0n) is 16.0. The predicted molar refractivity (Wildman–Crippen MR) is 111 cm³/mol. The van der Waals surface area contributed by atoms with E-state index in [0.717, 1.165) is 5.56 Å². The molecule has 1 N–H and O–H groups in total. The van der Waals surface area contributed by atoms with E-state index < -0.39 is 10.0 Å². The molecule has 3 rings (SSSR count). The van der Waals surface area contributed by atoms with Crippen LogP contribution in [0.4, 0.5) is 4.39 Å². The Labute approximate surface area is 175 Å². The summed E-state index contributed by atoms with van der Waals surface area (Å²) in [5.41, 5.74) is 1.64. The van der Waals surface area contributed by atoms with Crippen LogP contribution in [0.5, 0.6) is 0 Å². The minimum absolute atomic E-state index is 0.0538. The number of benzene rings is 2. The van der Waals surface area contributed by atoms with E-state index in [1.165, 1.54) is 16.4 Å². The van der Waals surface area contributed by atoms with Gasteiger partial charge < -0.3 is 5.32 Å². The Hall–Kier alpha value is -1.96. The largest absolute Gasteiger partial charge is 0.356 e. The van der Waals surface area contributed by atoms with Crippen molar-refractivity contribution < 1.29 is 17.6 Å². The lowest BCUT2D eigenvalue weighted by atomic mass is 9.97. The Morgan fingerprint density at radius 3 is 2.24 bits per heavy atom. The van der Waals surface area contributed by atoms with Gasteiger partial charge in [-0.2, -0.15) is 0 Å². The van der Waals surface area contributed by atoms with E-state index in [1.54, 1.807) is 36.4 Å². The van der Waals surface area contributed by atoms with E-state index in [2.05, 4.69) is 5.32 Å². The van der Waals surface area contributed by atoms with Crippen LogP contribution in [0, 0.1) is 11.7 Å². The van der Waals surface area contributed by atoms with Gasteiger partial charge in [0.15, 0.2) is 0 Å². The van der Waals surface area contributed by atoms with Gasteiger partial charge in [0.25, 0.3) is 0 Å². The van der Waals surface area contributed by atoms with Gasteiger partial charge in [-0.05, 0) is 54.7 Å². The first kappa shape index (κ1) is 21.7. The number of sulfonamides is 1. The van der Waals surface area contributed by atoms with Gasteiger partial charge in [0.05, 0.1) is 5.75 Å². The third-order valence-electron chi connectivity index (χ3n) is 5.11. The number of halogens is 2. The van der Waals surface area contributed by atoms with Gasteiger partial charge in [-0.3, -0.25) is 4.79 Å². The molecule has 0 radical (unpaired) electrons. The lowest BCUT2D eigenvalue weighted by molar-refractivity contribution is -0.126. The second-order valence-electron chi connectivity index (χ2n) is 7.22. The van der Waals surface area contributed by atoms with Crippen molar-refractivity contribution in [2.24, 2.45) is 5.92 Å². The topological polar surface area (TPSA) is 66.5 Å². The van der Waals surface area contributed by atoms with E-state index in [0.29, 0.717) is 49.5 Å². The first-order chi connectivity index (χ1) is 13.8. The summed E-state index contributed by atoms with van der Waals surface area (Å²) in [5, 5.41) is 3.47. The molecule has 1 saturated heterocycles. The number of rotatable bonds is 7. The van der Waals surface area contributed by atoms with Crippen LogP contribution in [0.3, 0.4) is 0 Å². The summed E-state index contributed by atoms with van der Waals surface area (Å²) in [6.45, 7) is 1.15. The van der Waals surface area contributed by atoms with Gasteiger partial charge >= 0.3 is 0 Å². The van der Waals surface area contributed by atoms with E-state index in [9.17, 15) is 17.6 Å². The number of nitrogens with one attached hydrogen (secondary N) is 1. The van der Waals surface area contributed by atoms with Crippen LogP contribution < -0.4 is 5.32 Å². The van der Waals surface area contributed by atoms with Crippen LogP contribution in [0.15, 0.2) is 48.5 Å². The first-order valence-corrected chi connectivity index (χ1v) is 11.6. The van der Waals surface area contributed by atoms with Gasteiger partial charge in [-0.1, -0.05) is 35.9 Å². The zero-order valence-corrected chi connectivity index (χ0v) is 17.6. The molecule has 0 bridgehead atoms. The molecule has 2 aromatic rings. The Morgan fingerprint density at radius 1 is 1.03 bits per heavy atom. The van der Waals surface area contributed by atoms with Crippen molar-refractivity contribution in [1.29, 1.82) is 0 Å². The molecule has 2 aromatic carbocycles. The lowest BCUT2D eigenvalue weighted by Crippen LogP contribution is -2.43. The fraction of sp³-hybridized carbons (Fsp3) is 0.381. The van der Waals surface area contributed by atoms with Crippen LogP contribution in [0.25, 0.3) is 0 Å². The molecule has 1 aliphatic heterocycles. The maximum absolute atomic E-state index is 12.9. The van der Waals surface area contributed by atoms with E-state index in [1.807, 2.05) is 0 Å². The quantitative estimate of drug-likeness (QED) is 0.720. The number of carbonyl (C=O) groups is 1. The normalized spacial score (nSPS) is 15.9. The van der Waals surface area contributed by atoms with Gasteiger partial charge in [0.2, 0.25) is 15.9 Å². The summed E-state index contributed by atoms with van der Waals surface area (Å²) in [7, 11) is -3.43. The molecule has 5 nitrogen and oxygen atoms in total. The molecule has 0 aliphatic carbocycles. The molecule has 1 heterocycles. The maximum Gasteiger partial charge on any atom is 0.223 e. The Balaban J connectivity index is 1.44. The van der Waals surface area contributed by atoms with Crippen molar-refractivity contribution in [3.05, 3.63) is 70.5 Å². The molecule has 1 amide bonds. The third-order valence-corrected chi connectivity index (χ3v) is 7.21. The second-order valence-corrected chi connectivity index (χ2v) is 9.63. The number of amides is 1. The minimum Gasteiger partial charge on any atom is -0.356 e. The molecule has 0 unspecified atom stereocenters. The van der Waals surface area contributed by atoms with Gasteiger partial charge in [-0.25, -0.2) is 17.1 Å². The van der Waals surface area contributed by atoms with E-state index in [-0.39, 0.29) is 23.4 Å². The molecular weight excluding hydrogens is 415 g/mol. The van der Waals surface area contributed by atoms with Crippen LogP contribution >= 0.6 is 11.6 Å². The lowest BCUT2D eigenvalue weighted by Gasteiger charge is -2.30. The smallest absolute Gasteiger partial charge is 0.223 e. The Bertz CT molecular complexity index is 925. The first-order valence-electron chi connectivity index (χ1n) is 9.58. The number of piperidine rings is 1. The van der Waals surface area contributed by atoms with Crippen LogP contribution in [0.1, 0.15) is 24.0 Å². The summed E-state index contributed by atoms with van der Waals surface area (Å²) in [6.07, 6.45) is 1.63. The SMILES string of the molecule is O=C(NCCc1ccc(F)cc1)C1CCN(S(=O)(=O)Cc2ccc(Cl)cc2)CC1. The molecule has 0 spiro atoms. The van der Waals surface area contributed by atoms with Crippen LogP contribution in [-0.4, -0.2) is 38.3 Å². The summed E-state index contributed by atoms with van der Waals surface area (Å²) < 4.78 is 39.6. The average Bonchev–Trinajstić information content (AvgIpc) is 2.71. The van der Waals surface area contributed by atoms with Crippen molar-refractivity contribution >= 4 is 27.5 Å². The summed E-state index contributed by atoms with van der Waals surface area (Å²) in [6, 6.07) is 13.0. The van der Waals surface area contributed by atoms with Crippen molar-refractivity contribution in [2.45, 2.75) is 25.0 Å². The fourth-order valence-corrected chi connectivity index (χ4v) is 5.09. The highest BCUT2D eigenvalue weighted by Crippen LogP contribution is 2.22. The number of carbonyl (C=O) groups excluding carboxylic acids is 1. The summed E-state index contributed by atoms with van der Waals surface area (Å²) in [5.74, 6) is -0.596. The van der Waals surface area contributed by atoms with E-state index in [4.69, 9.17) is 11.6 Å². The molecule has 8 heteroatoms. The van der Waals surface area contributed by atoms with Gasteiger partial charge in [0, 0.05) is 30.6 Å². The molecular formula is C21H24ClFN2O3S. The highest BCUT2D eigenvalue weighted by Gasteiger charge is 2.31. The second kappa shape index (κ2) is 9.69. The molecule has 29 heavy (non-hydrogen) atoms. The van der Waals surface area contributed by atoms with Gasteiger partial charge in [-0.15, -0.1) is 0 Å². The van der Waals surface area contributed by atoms with Gasteiger partial charge in [0.1, 0.15) is 5.82 Å². The van der Waals surface area contributed by atoms with Crippen molar-refractivity contribution in [3.63, 3.8) is 0 Å². The standard InChI is InChI=1S/C21H24ClFN2O3S/c22-19-5-1-17(2-6-19)15-29(27,28)25-13-10-18(11-14-25)21(26)24-12-9-16-3-7-20(23)8-4-16/h1-8,18H,9-15H2,(H,24,26). The summed E-state index contributed by atoms with van der Waals surface area (Å²) >= 11 is 5.84. The van der Waals surface area contributed by atoms with E-state index >= 15 is 0 Å². The Kier molecular flexibility index (Phi) is 7.27. The van der Waals surface area contributed by atoms with Crippen molar-refractivity contribution in [2.75, 3.05) is 19.6 Å². The predicted octanol–water partition coefficient (Wildman–Crippen LogP) is 3.38. The molecule has 0 saturated carbocycles. The molecule has 0 atom stereocenters. The number of nitrogens with zero attached hydrogens (tertiary/aromatic N) is 1. The Morgan fingerprint density at radius 2 is 1.62 bits per heavy atom. The fourth-order valence-electron chi connectivity index (χ4n) is 3.40. The van der Waals surface area contributed by atoms with Crippen LogP contribution in [-0.2, 0) is 27.0 Å². The maximum atomic E-state index is 12.9. The van der Waals surface area contributed by atoms with Crippen molar-refractivity contribution in [1.82, 2.24) is 9.62 Å².